The number of ether oxygens (including phenoxy) is 1. The van der Waals surface area contributed by atoms with Gasteiger partial charge in [0.1, 0.15) is 11.3 Å². The van der Waals surface area contributed by atoms with Crippen molar-refractivity contribution >= 4 is 29.4 Å². The van der Waals surface area contributed by atoms with Gasteiger partial charge in [-0.15, -0.1) is 0 Å². The van der Waals surface area contributed by atoms with Crippen molar-refractivity contribution in [2.75, 3.05) is 32.6 Å². The van der Waals surface area contributed by atoms with Gasteiger partial charge in [0.15, 0.2) is 0 Å². The van der Waals surface area contributed by atoms with E-state index >= 15 is 0 Å². The first-order chi connectivity index (χ1) is 15.8. The lowest BCUT2D eigenvalue weighted by atomic mass is 9.87. The molecular formula is C23H27N5O5. The summed E-state index contributed by atoms with van der Waals surface area (Å²) >= 11 is 0. The van der Waals surface area contributed by atoms with E-state index in [-0.39, 0.29) is 19.0 Å². The number of nitrogens with zero attached hydrogens (tertiary/aromatic N) is 2. The standard InChI is InChI=1S/C23H27N5O5/c1-4-23(16-8-6-5-7-9-16)21(31)28(22(32)25-23)26-20(30)15-27(2)14-19(29)24-17-10-12-18(33-3)13-11-17/h5-13H,4,14-15H2,1-3H3,(H,24,29)(H,25,32)(H,26,30). The molecule has 174 valence electrons. The fourth-order valence-electron chi connectivity index (χ4n) is 3.62. The highest BCUT2D eigenvalue weighted by atomic mass is 16.5. The Morgan fingerprint density at radius 1 is 1.03 bits per heavy atom. The van der Waals surface area contributed by atoms with Crippen LogP contribution in [0.1, 0.15) is 18.9 Å². The molecule has 1 aliphatic rings. The molecule has 3 rings (SSSR count). The summed E-state index contributed by atoms with van der Waals surface area (Å²) in [5, 5.41) is 6.12. The number of methoxy groups -OCH3 is 1. The molecule has 33 heavy (non-hydrogen) atoms. The second kappa shape index (κ2) is 10.1. The van der Waals surface area contributed by atoms with Gasteiger partial charge in [-0.2, -0.15) is 5.01 Å². The van der Waals surface area contributed by atoms with E-state index in [0.717, 1.165) is 0 Å². The smallest absolute Gasteiger partial charge is 0.344 e. The quantitative estimate of drug-likeness (QED) is 0.495. The van der Waals surface area contributed by atoms with E-state index in [4.69, 9.17) is 4.74 Å². The van der Waals surface area contributed by atoms with Crippen molar-refractivity contribution in [2.45, 2.75) is 18.9 Å². The SMILES string of the molecule is CCC1(c2ccccc2)NC(=O)N(NC(=O)CN(C)CC(=O)Nc2ccc(OC)cc2)C1=O. The summed E-state index contributed by atoms with van der Waals surface area (Å²) in [6.07, 6.45) is 0.319. The number of hydrogen-bond donors (Lipinski definition) is 3. The van der Waals surface area contributed by atoms with Gasteiger partial charge in [0, 0.05) is 5.69 Å². The first kappa shape index (κ1) is 23.7. The Kier molecular flexibility index (Phi) is 7.29. The van der Waals surface area contributed by atoms with Crippen molar-refractivity contribution < 1.29 is 23.9 Å². The van der Waals surface area contributed by atoms with Gasteiger partial charge in [0.2, 0.25) is 5.91 Å². The van der Waals surface area contributed by atoms with Gasteiger partial charge in [-0.05, 0) is 43.3 Å². The fraction of sp³-hybridized carbons (Fsp3) is 0.304. The maximum absolute atomic E-state index is 13.1. The normalized spacial score (nSPS) is 17.6. The Hall–Kier alpha value is -3.92. The number of imide groups is 1. The number of nitrogens with one attached hydrogen (secondary N) is 3. The summed E-state index contributed by atoms with van der Waals surface area (Å²) < 4.78 is 5.08. The molecule has 0 radical (unpaired) electrons. The van der Waals surface area contributed by atoms with E-state index in [1.54, 1.807) is 69.6 Å². The van der Waals surface area contributed by atoms with E-state index in [1.165, 1.54) is 4.90 Å². The van der Waals surface area contributed by atoms with Gasteiger partial charge in [0.25, 0.3) is 11.8 Å². The molecule has 0 bridgehead atoms. The second-order valence-electron chi connectivity index (χ2n) is 7.68. The highest BCUT2D eigenvalue weighted by molar-refractivity contribution is 6.08. The molecule has 0 spiro atoms. The number of hydrogen-bond acceptors (Lipinski definition) is 6. The molecule has 10 heteroatoms. The van der Waals surface area contributed by atoms with Crippen LogP contribution in [0.4, 0.5) is 10.5 Å². The zero-order chi connectivity index (χ0) is 24.0. The molecule has 0 saturated carbocycles. The lowest BCUT2D eigenvalue weighted by Gasteiger charge is -2.25. The summed E-state index contributed by atoms with van der Waals surface area (Å²) in [7, 11) is 3.14. The molecule has 1 heterocycles. The number of urea groups is 1. The van der Waals surface area contributed by atoms with Crippen LogP contribution in [0.5, 0.6) is 5.75 Å². The molecule has 1 atom stereocenters. The van der Waals surface area contributed by atoms with Crippen molar-refractivity contribution in [3.63, 3.8) is 0 Å². The predicted molar refractivity (Wildman–Crippen MR) is 121 cm³/mol. The first-order valence-corrected chi connectivity index (χ1v) is 10.4. The first-order valence-electron chi connectivity index (χ1n) is 10.4. The van der Waals surface area contributed by atoms with Crippen molar-refractivity contribution in [1.82, 2.24) is 20.7 Å². The van der Waals surface area contributed by atoms with Gasteiger partial charge in [-0.25, -0.2) is 4.79 Å². The van der Waals surface area contributed by atoms with Crippen molar-refractivity contribution in [2.24, 2.45) is 0 Å². The molecular weight excluding hydrogens is 426 g/mol. The average Bonchev–Trinajstić information content (AvgIpc) is 3.05. The molecule has 10 nitrogen and oxygen atoms in total. The highest BCUT2D eigenvalue weighted by Crippen LogP contribution is 2.31. The van der Waals surface area contributed by atoms with E-state index in [1.807, 2.05) is 6.07 Å². The number of carbonyl (C=O) groups is 4. The van der Waals surface area contributed by atoms with Crippen LogP contribution in [0.3, 0.4) is 0 Å². The van der Waals surface area contributed by atoms with Crippen LogP contribution in [-0.4, -0.2) is 60.9 Å². The van der Waals surface area contributed by atoms with Crippen molar-refractivity contribution in [3.8, 4) is 5.75 Å². The number of carbonyl (C=O) groups excluding carboxylic acids is 4. The van der Waals surface area contributed by atoms with Gasteiger partial charge < -0.3 is 15.4 Å². The molecule has 3 N–H and O–H groups in total. The minimum absolute atomic E-state index is 0.0670. The summed E-state index contributed by atoms with van der Waals surface area (Å²) in [5.41, 5.74) is 2.34. The highest BCUT2D eigenvalue weighted by Gasteiger charge is 2.52. The number of hydrazine groups is 1. The fourth-order valence-corrected chi connectivity index (χ4v) is 3.62. The molecule has 2 aromatic carbocycles. The second-order valence-corrected chi connectivity index (χ2v) is 7.68. The van der Waals surface area contributed by atoms with Crippen LogP contribution in [-0.2, 0) is 19.9 Å². The third kappa shape index (κ3) is 5.29. The molecule has 1 aliphatic heterocycles. The summed E-state index contributed by atoms with van der Waals surface area (Å²) in [6, 6.07) is 15.0. The Balaban J connectivity index is 1.55. The molecule has 1 unspecified atom stereocenters. The maximum atomic E-state index is 13.1. The largest absolute Gasteiger partial charge is 0.497 e. The van der Waals surface area contributed by atoms with Gasteiger partial charge in [0.05, 0.1) is 20.2 Å². The third-order valence-corrected chi connectivity index (χ3v) is 5.33. The zero-order valence-electron chi connectivity index (χ0n) is 18.8. The molecule has 0 aromatic heterocycles. The summed E-state index contributed by atoms with van der Waals surface area (Å²) in [5.74, 6) is -0.811. The van der Waals surface area contributed by atoms with Gasteiger partial charge in [-0.3, -0.25) is 24.7 Å². The number of likely N-dealkylation sites (N-methyl/N-ethyl adjacent to an activating group) is 1. The topological polar surface area (TPSA) is 120 Å². The minimum atomic E-state index is -1.24. The molecule has 0 aliphatic carbocycles. The Labute approximate surface area is 191 Å². The predicted octanol–water partition coefficient (Wildman–Crippen LogP) is 1.45. The van der Waals surface area contributed by atoms with Crippen molar-refractivity contribution in [3.05, 3.63) is 60.2 Å². The Morgan fingerprint density at radius 3 is 2.27 bits per heavy atom. The number of rotatable bonds is 9. The molecule has 2 aromatic rings. The number of benzene rings is 2. The summed E-state index contributed by atoms with van der Waals surface area (Å²) in [4.78, 5) is 51.7. The van der Waals surface area contributed by atoms with Crippen LogP contribution >= 0.6 is 0 Å². The monoisotopic (exact) mass is 453 g/mol. The summed E-state index contributed by atoms with van der Waals surface area (Å²) in [6.45, 7) is 1.52. The van der Waals surface area contributed by atoms with E-state index in [9.17, 15) is 19.2 Å². The maximum Gasteiger partial charge on any atom is 0.344 e. The number of anilines is 1. The molecule has 1 fully saturated rings. The van der Waals surface area contributed by atoms with Gasteiger partial charge >= 0.3 is 6.03 Å². The molecule has 5 amide bonds. The van der Waals surface area contributed by atoms with Crippen LogP contribution in [0, 0.1) is 0 Å². The Morgan fingerprint density at radius 2 is 1.67 bits per heavy atom. The van der Waals surface area contributed by atoms with Gasteiger partial charge in [-0.1, -0.05) is 37.3 Å². The minimum Gasteiger partial charge on any atom is -0.497 e. The van der Waals surface area contributed by atoms with E-state index in [2.05, 4.69) is 16.1 Å². The lowest BCUT2D eigenvalue weighted by molar-refractivity contribution is -0.140. The van der Waals surface area contributed by atoms with Crippen LogP contribution in [0.2, 0.25) is 0 Å². The van der Waals surface area contributed by atoms with Crippen molar-refractivity contribution in [1.29, 1.82) is 0 Å². The number of amides is 5. The molecule has 1 saturated heterocycles. The van der Waals surface area contributed by atoms with Crippen LogP contribution < -0.4 is 20.8 Å². The van der Waals surface area contributed by atoms with Crippen LogP contribution in [0.25, 0.3) is 0 Å². The third-order valence-electron chi connectivity index (χ3n) is 5.33. The lowest BCUT2D eigenvalue weighted by Crippen LogP contribution is -2.51. The van der Waals surface area contributed by atoms with E-state index in [0.29, 0.717) is 28.4 Å². The van der Waals surface area contributed by atoms with E-state index < -0.39 is 23.4 Å². The zero-order valence-corrected chi connectivity index (χ0v) is 18.8. The average molecular weight is 453 g/mol. The Bertz CT molecular complexity index is 1030. The van der Waals surface area contributed by atoms with Crippen LogP contribution in [0.15, 0.2) is 54.6 Å².